The maximum Gasteiger partial charge on any atom is 0.303 e. The highest BCUT2D eigenvalue weighted by Crippen LogP contribution is 2.41. The van der Waals surface area contributed by atoms with Crippen molar-refractivity contribution in [1.82, 2.24) is 0 Å². The predicted octanol–water partition coefficient (Wildman–Crippen LogP) is 3.42. The molecule has 0 saturated carbocycles. The summed E-state index contributed by atoms with van der Waals surface area (Å²) in [5.74, 6) is 5.72. The van der Waals surface area contributed by atoms with Crippen LogP contribution in [0.15, 0.2) is 54.6 Å². The van der Waals surface area contributed by atoms with Gasteiger partial charge in [-0.1, -0.05) is 59.9 Å². The van der Waals surface area contributed by atoms with E-state index in [9.17, 15) is 4.79 Å². The molecule has 1 aliphatic heterocycles. The second-order valence-electron chi connectivity index (χ2n) is 5.60. The number of hydrogen-bond acceptors (Lipinski definition) is 3. The average molecular weight is 306 g/mol. The van der Waals surface area contributed by atoms with E-state index in [0.29, 0.717) is 0 Å². The van der Waals surface area contributed by atoms with Gasteiger partial charge in [0.2, 0.25) is 0 Å². The lowest BCUT2D eigenvalue weighted by atomic mass is 10.1. The smallest absolute Gasteiger partial charge is 0.303 e. The van der Waals surface area contributed by atoms with E-state index in [4.69, 9.17) is 9.47 Å². The Labute approximate surface area is 136 Å². The normalized spacial score (nSPS) is 20.1. The van der Waals surface area contributed by atoms with E-state index in [1.165, 1.54) is 12.5 Å². The second-order valence-corrected chi connectivity index (χ2v) is 5.60. The first-order chi connectivity index (χ1) is 11.1. The third-order valence-corrected chi connectivity index (χ3v) is 3.66. The molecule has 0 spiro atoms. The van der Waals surface area contributed by atoms with Gasteiger partial charge >= 0.3 is 5.97 Å². The first kappa shape index (κ1) is 15.3. The molecular formula is C20H18O3. The van der Waals surface area contributed by atoms with Crippen LogP contribution >= 0.6 is 0 Å². The Morgan fingerprint density at radius 2 is 1.83 bits per heavy atom. The van der Waals surface area contributed by atoms with Crippen molar-refractivity contribution in [2.24, 2.45) is 0 Å². The summed E-state index contributed by atoms with van der Waals surface area (Å²) in [5.41, 5.74) is 3.17. The molecule has 3 heteroatoms. The molecule has 0 bridgehead atoms. The number of aryl methyl sites for hydroxylation is 1. The summed E-state index contributed by atoms with van der Waals surface area (Å²) >= 11 is 0. The molecule has 0 N–H and O–H groups in total. The molecule has 23 heavy (non-hydrogen) atoms. The van der Waals surface area contributed by atoms with Crippen LogP contribution < -0.4 is 0 Å². The highest BCUT2D eigenvalue weighted by molar-refractivity contribution is 5.66. The number of ether oxygens (including phenoxy) is 2. The molecule has 0 aliphatic carbocycles. The minimum absolute atomic E-state index is 0.0648. The second kappa shape index (κ2) is 6.68. The van der Waals surface area contributed by atoms with Crippen LogP contribution in [0.1, 0.15) is 29.7 Å². The third kappa shape index (κ3) is 4.00. The maximum atomic E-state index is 11.3. The van der Waals surface area contributed by atoms with Gasteiger partial charge in [0.05, 0.1) is 0 Å². The molecular weight excluding hydrogens is 288 g/mol. The highest BCUT2D eigenvalue weighted by atomic mass is 16.6. The number of rotatable bonds is 3. The summed E-state index contributed by atoms with van der Waals surface area (Å²) in [6.45, 7) is 3.43. The van der Waals surface area contributed by atoms with Gasteiger partial charge in [-0.3, -0.25) is 4.79 Å². The Morgan fingerprint density at radius 1 is 1.13 bits per heavy atom. The van der Waals surface area contributed by atoms with Crippen molar-refractivity contribution in [3.8, 4) is 11.8 Å². The van der Waals surface area contributed by atoms with Crippen LogP contribution in [0, 0.1) is 18.8 Å². The maximum absolute atomic E-state index is 11.3. The largest absolute Gasteiger partial charge is 0.446 e. The van der Waals surface area contributed by atoms with Gasteiger partial charge in [0, 0.05) is 12.5 Å². The summed E-state index contributed by atoms with van der Waals surface area (Å²) in [4.78, 5) is 11.3. The fourth-order valence-electron chi connectivity index (χ4n) is 2.41. The molecule has 0 amide bonds. The van der Waals surface area contributed by atoms with E-state index in [2.05, 4.69) is 11.8 Å². The minimum atomic E-state index is -0.556. The fourth-order valence-corrected chi connectivity index (χ4v) is 2.41. The van der Waals surface area contributed by atoms with Crippen molar-refractivity contribution in [2.45, 2.75) is 32.2 Å². The van der Waals surface area contributed by atoms with Crippen LogP contribution in [0.5, 0.6) is 0 Å². The minimum Gasteiger partial charge on any atom is -0.446 e. The van der Waals surface area contributed by atoms with E-state index < -0.39 is 6.10 Å². The molecule has 1 aliphatic rings. The number of benzene rings is 2. The molecule has 2 aromatic rings. The van der Waals surface area contributed by atoms with Gasteiger partial charge in [-0.2, -0.15) is 0 Å². The van der Waals surface area contributed by atoms with Gasteiger partial charge in [0.1, 0.15) is 12.2 Å². The zero-order valence-electron chi connectivity index (χ0n) is 13.2. The molecule has 3 atom stereocenters. The molecule has 0 radical (unpaired) electrons. The molecule has 3 rings (SSSR count). The highest BCUT2D eigenvalue weighted by Gasteiger charge is 2.47. The van der Waals surface area contributed by atoms with Crippen LogP contribution in [-0.4, -0.2) is 18.2 Å². The van der Waals surface area contributed by atoms with Crippen LogP contribution in [-0.2, 0) is 14.3 Å². The SMILES string of the molecule is CC(=O)OC(C#Cc1ccccc1)[C@H]1O[C@@H]1c1ccc(C)cc1. The lowest BCUT2D eigenvalue weighted by Gasteiger charge is -2.08. The number of esters is 1. The Hall–Kier alpha value is -2.57. The van der Waals surface area contributed by atoms with Gasteiger partial charge in [-0.05, 0) is 24.6 Å². The van der Waals surface area contributed by atoms with E-state index in [0.717, 1.165) is 11.1 Å². The van der Waals surface area contributed by atoms with Gasteiger partial charge in [0.15, 0.2) is 6.10 Å². The van der Waals surface area contributed by atoms with Crippen LogP contribution in [0.25, 0.3) is 0 Å². The Morgan fingerprint density at radius 3 is 2.48 bits per heavy atom. The number of carbonyl (C=O) groups excluding carboxylic acids is 1. The number of carbonyl (C=O) groups is 1. The first-order valence-corrected chi connectivity index (χ1v) is 7.59. The summed E-state index contributed by atoms with van der Waals surface area (Å²) in [6, 6.07) is 17.8. The summed E-state index contributed by atoms with van der Waals surface area (Å²) in [5, 5.41) is 0. The van der Waals surface area contributed by atoms with Crippen LogP contribution in [0.4, 0.5) is 0 Å². The van der Waals surface area contributed by atoms with Gasteiger partial charge < -0.3 is 9.47 Å². The van der Waals surface area contributed by atoms with Gasteiger partial charge in [0.25, 0.3) is 0 Å². The number of hydrogen-bond donors (Lipinski definition) is 0. The average Bonchev–Trinajstić information content (AvgIpc) is 3.33. The lowest BCUT2D eigenvalue weighted by molar-refractivity contribution is -0.144. The number of epoxide rings is 1. The van der Waals surface area contributed by atoms with Crippen molar-refractivity contribution in [3.63, 3.8) is 0 Å². The molecule has 2 aromatic carbocycles. The molecule has 3 nitrogen and oxygen atoms in total. The quantitative estimate of drug-likeness (QED) is 0.495. The van der Waals surface area contributed by atoms with Crippen molar-refractivity contribution in [2.75, 3.05) is 0 Å². The molecule has 116 valence electrons. The Bertz CT molecular complexity index is 738. The van der Waals surface area contributed by atoms with E-state index in [1.807, 2.05) is 61.5 Å². The van der Waals surface area contributed by atoms with Crippen LogP contribution in [0.3, 0.4) is 0 Å². The van der Waals surface area contributed by atoms with Gasteiger partial charge in [-0.25, -0.2) is 0 Å². The Balaban J connectivity index is 1.75. The van der Waals surface area contributed by atoms with Gasteiger partial charge in [-0.15, -0.1) is 0 Å². The van der Waals surface area contributed by atoms with Crippen LogP contribution in [0.2, 0.25) is 0 Å². The van der Waals surface area contributed by atoms with Crippen molar-refractivity contribution in [3.05, 3.63) is 71.3 Å². The zero-order valence-corrected chi connectivity index (χ0v) is 13.2. The summed E-state index contributed by atoms with van der Waals surface area (Å²) in [7, 11) is 0. The topological polar surface area (TPSA) is 38.8 Å². The molecule has 1 saturated heterocycles. The zero-order chi connectivity index (χ0) is 16.2. The monoisotopic (exact) mass is 306 g/mol. The fraction of sp³-hybridized carbons (Fsp3) is 0.250. The molecule has 0 aromatic heterocycles. The third-order valence-electron chi connectivity index (χ3n) is 3.66. The van der Waals surface area contributed by atoms with Crippen molar-refractivity contribution < 1.29 is 14.3 Å². The first-order valence-electron chi connectivity index (χ1n) is 7.59. The Kier molecular flexibility index (Phi) is 4.45. The summed E-state index contributed by atoms with van der Waals surface area (Å²) < 4.78 is 11.0. The standard InChI is InChI=1S/C20H18O3/c1-14-8-11-17(12-9-14)19-20(23-19)18(22-15(2)21)13-10-16-6-4-3-5-7-16/h3-9,11-12,18-20H,1-2H3/t18?,19-,20-/m1/s1. The van der Waals surface area contributed by atoms with Crippen molar-refractivity contribution in [1.29, 1.82) is 0 Å². The molecule has 1 unspecified atom stereocenters. The van der Waals surface area contributed by atoms with E-state index in [-0.39, 0.29) is 18.2 Å². The lowest BCUT2D eigenvalue weighted by Crippen LogP contribution is -2.21. The summed E-state index contributed by atoms with van der Waals surface area (Å²) in [6.07, 6.45) is -0.832. The predicted molar refractivity (Wildman–Crippen MR) is 87.7 cm³/mol. The van der Waals surface area contributed by atoms with Crippen molar-refractivity contribution >= 4 is 5.97 Å². The molecule has 1 heterocycles. The van der Waals surface area contributed by atoms with E-state index >= 15 is 0 Å². The molecule has 1 fully saturated rings. The van der Waals surface area contributed by atoms with E-state index in [1.54, 1.807) is 0 Å².